The summed E-state index contributed by atoms with van der Waals surface area (Å²) in [5.41, 5.74) is 2.72. The van der Waals surface area contributed by atoms with E-state index in [-0.39, 0.29) is 12.5 Å². The Bertz CT molecular complexity index is 636. The zero-order valence-electron chi connectivity index (χ0n) is 12.6. The number of carbonyl (C=O) groups is 1. The Hall–Kier alpha value is -2.75. The number of aryl methyl sites for hydroxylation is 1. The van der Waals surface area contributed by atoms with Crippen LogP contribution in [0.2, 0.25) is 0 Å². The van der Waals surface area contributed by atoms with Crippen LogP contribution in [0.25, 0.3) is 0 Å². The maximum absolute atomic E-state index is 12.0. The lowest BCUT2D eigenvalue weighted by Gasteiger charge is -2.12. The number of hydrogen-bond acceptors (Lipinski definition) is 3. The molecular weight excluding hydrogens is 276 g/mol. The van der Waals surface area contributed by atoms with E-state index in [4.69, 9.17) is 4.74 Å². The van der Waals surface area contributed by atoms with E-state index in [1.54, 1.807) is 6.08 Å². The van der Waals surface area contributed by atoms with Gasteiger partial charge in [0.15, 0.2) is 0 Å². The minimum atomic E-state index is -0.109. The van der Waals surface area contributed by atoms with Crippen molar-refractivity contribution in [3.05, 3.63) is 66.7 Å². The van der Waals surface area contributed by atoms with Gasteiger partial charge in [-0.3, -0.25) is 4.79 Å². The Labute approximate surface area is 130 Å². The second kappa shape index (κ2) is 7.88. The van der Waals surface area contributed by atoms with Gasteiger partial charge in [0.1, 0.15) is 12.4 Å². The van der Waals surface area contributed by atoms with Gasteiger partial charge in [-0.2, -0.15) is 0 Å². The first-order chi connectivity index (χ1) is 10.7. The standard InChI is InChI=1S/C18H20N2O2/c1-3-12-22-17-7-5-4-6-16(17)19-13-18(21)20-15-10-8-14(2)9-11-15/h3-11,19H,1,12-13H2,2H3,(H,20,21). The third-order valence-corrected chi connectivity index (χ3v) is 3.02. The summed E-state index contributed by atoms with van der Waals surface area (Å²) in [5, 5.41) is 5.93. The van der Waals surface area contributed by atoms with Crippen molar-refractivity contribution < 1.29 is 9.53 Å². The summed E-state index contributed by atoms with van der Waals surface area (Å²) in [6.07, 6.45) is 1.68. The quantitative estimate of drug-likeness (QED) is 0.767. The molecule has 2 aromatic rings. The molecule has 22 heavy (non-hydrogen) atoms. The van der Waals surface area contributed by atoms with E-state index in [2.05, 4.69) is 17.2 Å². The van der Waals surface area contributed by atoms with E-state index in [9.17, 15) is 4.79 Å². The third kappa shape index (κ3) is 4.66. The summed E-state index contributed by atoms with van der Waals surface area (Å²) in [6, 6.07) is 15.2. The van der Waals surface area contributed by atoms with Crippen LogP contribution in [0.5, 0.6) is 5.75 Å². The third-order valence-electron chi connectivity index (χ3n) is 3.02. The molecule has 0 radical (unpaired) electrons. The van der Waals surface area contributed by atoms with Gasteiger partial charge in [-0.05, 0) is 31.2 Å². The first kappa shape index (κ1) is 15.6. The van der Waals surface area contributed by atoms with Crippen molar-refractivity contribution in [1.29, 1.82) is 0 Å². The summed E-state index contributed by atoms with van der Waals surface area (Å²) in [5.74, 6) is 0.591. The molecule has 2 aromatic carbocycles. The molecule has 4 nitrogen and oxygen atoms in total. The number of amides is 1. The largest absolute Gasteiger partial charge is 0.487 e. The van der Waals surface area contributed by atoms with Crippen LogP contribution in [0.3, 0.4) is 0 Å². The molecule has 0 aliphatic rings. The van der Waals surface area contributed by atoms with E-state index in [1.165, 1.54) is 0 Å². The minimum absolute atomic E-state index is 0.109. The molecule has 0 spiro atoms. The molecule has 4 heteroatoms. The molecule has 2 rings (SSSR count). The highest BCUT2D eigenvalue weighted by Crippen LogP contribution is 2.23. The van der Waals surface area contributed by atoms with E-state index in [1.807, 2.05) is 55.5 Å². The fourth-order valence-corrected chi connectivity index (χ4v) is 1.90. The first-order valence-corrected chi connectivity index (χ1v) is 7.12. The summed E-state index contributed by atoms with van der Waals surface area (Å²) in [7, 11) is 0. The zero-order valence-corrected chi connectivity index (χ0v) is 12.6. The Kier molecular flexibility index (Phi) is 5.60. The molecule has 0 aromatic heterocycles. The maximum atomic E-state index is 12.0. The molecule has 0 bridgehead atoms. The summed E-state index contributed by atoms with van der Waals surface area (Å²) in [6.45, 7) is 6.22. The number of rotatable bonds is 7. The first-order valence-electron chi connectivity index (χ1n) is 7.12. The highest BCUT2D eigenvalue weighted by molar-refractivity contribution is 5.93. The molecule has 0 aliphatic heterocycles. The van der Waals surface area contributed by atoms with Crippen molar-refractivity contribution in [2.24, 2.45) is 0 Å². The van der Waals surface area contributed by atoms with E-state index >= 15 is 0 Å². The highest BCUT2D eigenvalue weighted by Gasteiger charge is 2.05. The maximum Gasteiger partial charge on any atom is 0.243 e. The number of carbonyl (C=O) groups excluding carboxylic acids is 1. The topological polar surface area (TPSA) is 50.4 Å². The highest BCUT2D eigenvalue weighted by atomic mass is 16.5. The summed E-state index contributed by atoms with van der Waals surface area (Å²) >= 11 is 0. The van der Waals surface area contributed by atoms with Crippen molar-refractivity contribution in [2.45, 2.75) is 6.92 Å². The normalized spacial score (nSPS) is 9.86. The Morgan fingerprint density at radius 3 is 2.64 bits per heavy atom. The van der Waals surface area contributed by atoms with Crippen LogP contribution in [-0.2, 0) is 4.79 Å². The number of hydrogen-bond donors (Lipinski definition) is 2. The monoisotopic (exact) mass is 296 g/mol. The van der Waals surface area contributed by atoms with Gasteiger partial charge in [-0.15, -0.1) is 0 Å². The predicted octanol–water partition coefficient (Wildman–Crippen LogP) is 3.61. The molecule has 0 aliphatic carbocycles. The average Bonchev–Trinajstić information content (AvgIpc) is 2.54. The summed E-state index contributed by atoms with van der Waals surface area (Å²) < 4.78 is 5.54. The molecule has 0 heterocycles. The van der Waals surface area contributed by atoms with Crippen molar-refractivity contribution in [3.8, 4) is 5.75 Å². The van der Waals surface area contributed by atoms with Crippen molar-refractivity contribution in [2.75, 3.05) is 23.8 Å². The molecule has 114 valence electrons. The fraction of sp³-hybridized carbons (Fsp3) is 0.167. The van der Waals surface area contributed by atoms with Crippen LogP contribution in [0.4, 0.5) is 11.4 Å². The van der Waals surface area contributed by atoms with Crippen LogP contribution in [0.15, 0.2) is 61.2 Å². The number of para-hydroxylation sites is 2. The number of ether oxygens (including phenoxy) is 1. The van der Waals surface area contributed by atoms with Gasteiger partial charge in [0.2, 0.25) is 5.91 Å². The van der Waals surface area contributed by atoms with E-state index < -0.39 is 0 Å². The smallest absolute Gasteiger partial charge is 0.243 e. The van der Waals surface area contributed by atoms with Crippen LogP contribution in [0, 0.1) is 6.92 Å². The van der Waals surface area contributed by atoms with Gasteiger partial charge < -0.3 is 15.4 Å². The number of benzene rings is 2. The molecule has 1 amide bonds. The van der Waals surface area contributed by atoms with Crippen molar-refractivity contribution in [1.82, 2.24) is 0 Å². The van der Waals surface area contributed by atoms with Gasteiger partial charge in [0.25, 0.3) is 0 Å². The molecule has 0 unspecified atom stereocenters. The van der Waals surface area contributed by atoms with Crippen molar-refractivity contribution in [3.63, 3.8) is 0 Å². The second-order valence-corrected chi connectivity index (χ2v) is 4.86. The minimum Gasteiger partial charge on any atom is -0.487 e. The van der Waals surface area contributed by atoms with Crippen LogP contribution < -0.4 is 15.4 Å². The van der Waals surface area contributed by atoms with E-state index in [0.717, 1.165) is 16.9 Å². The molecule has 0 saturated carbocycles. The predicted molar refractivity (Wildman–Crippen MR) is 90.4 cm³/mol. The lowest BCUT2D eigenvalue weighted by Crippen LogP contribution is -2.22. The Balaban J connectivity index is 1.90. The molecular formula is C18H20N2O2. The molecule has 0 saturated heterocycles. The zero-order chi connectivity index (χ0) is 15.8. The molecule has 0 atom stereocenters. The molecule has 2 N–H and O–H groups in total. The second-order valence-electron chi connectivity index (χ2n) is 4.86. The van der Waals surface area contributed by atoms with Gasteiger partial charge in [-0.25, -0.2) is 0 Å². The summed E-state index contributed by atoms with van der Waals surface area (Å²) in [4.78, 5) is 12.0. The van der Waals surface area contributed by atoms with Gasteiger partial charge in [0.05, 0.1) is 12.2 Å². The average molecular weight is 296 g/mol. The van der Waals surface area contributed by atoms with Gasteiger partial charge >= 0.3 is 0 Å². The lowest BCUT2D eigenvalue weighted by atomic mass is 10.2. The van der Waals surface area contributed by atoms with Gasteiger partial charge in [0, 0.05) is 5.69 Å². The van der Waals surface area contributed by atoms with Gasteiger partial charge in [-0.1, -0.05) is 42.5 Å². The van der Waals surface area contributed by atoms with Crippen LogP contribution in [0.1, 0.15) is 5.56 Å². The molecule has 0 fully saturated rings. The SMILES string of the molecule is C=CCOc1ccccc1NCC(=O)Nc1ccc(C)cc1. The van der Waals surface area contributed by atoms with Crippen molar-refractivity contribution >= 4 is 17.3 Å². The fourth-order valence-electron chi connectivity index (χ4n) is 1.90. The van der Waals surface area contributed by atoms with E-state index in [0.29, 0.717) is 12.4 Å². The Morgan fingerprint density at radius 1 is 1.18 bits per heavy atom. The Morgan fingerprint density at radius 2 is 1.91 bits per heavy atom. The van der Waals surface area contributed by atoms with Crippen LogP contribution in [-0.4, -0.2) is 19.1 Å². The number of nitrogens with one attached hydrogen (secondary N) is 2. The number of anilines is 2. The lowest BCUT2D eigenvalue weighted by molar-refractivity contribution is -0.114. The van der Waals surface area contributed by atoms with Crippen LogP contribution >= 0.6 is 0 Å².